The summed E-state index contributed by atoms with van der Waals surface area (Å²) in [4.78, 5) is 24.1. The summed E-state index contributed by atoms with van der Waals surface area (Å²) in [6, 6.07) is 6.67. The summed E-state index contributed by atoms with van der Waals surface area (Å²) < 4.78 is 101. The molecule has 1 amide bonds. The van der Waals surface area contributed by atoms with E-state index in [-0.39, 0.29) is 40.5 Å². The van der Waals surface area contributed by atoms with Gasteiger partial charge in [-0.05, 0) is 43.9 Å². The van der Waals surface area contributed by atoms with Crippen molar-refractivity contribution in [2.75, 3.05) is 0 Å². The molecule has 0 saturated carbocycles. The number of carbonyl (C=O) groups excluding carboxylic acids is 2. The lowest BCUT2D eigenvalue weighted by Crippen LogP contribution is -2.58. The molecular formula is C22H19F7N2O4. The number of carbonyl (C=O) groups is 2. The second-order valence-corrected chi connectivity index (χ2v) is 7.74. The number of nitrogens with zero attached hydrogens (tertiary/aromatic N) is 1. The Balaban J connectivity index is 1.83. The lowest BCUT2D eigenvalue weighted by molar-refractivity contribution is -0.344. The van der Waals surface area contributed by atoms with Gasteiger partial charge in [-0.3, -0.25) is 4.79 Å². The third-order valence-electron chi connectivity index (χ3n) is 5.38. The molecule has 0 spiro atoms. The van der Waals surface area contributed by atoms with E-state index in [2.05, 4.69) is 5.10 Å². The van der Waals surface area contributed by atoms with Crippen LogP contribution in [0.4, 0.5) is 30.7 Å². The summed E-state index contributed by atoms with van der Waals surface area (Å²) in [5.41, 5.74) is 2.30. The molecule has 0 aliphatic heterocycles. The molecular weight excluding hydrogens is 489 g/mol. The van der Waals surface area contributed by atoms with Gasteiger partial charge in [0, 0.05) is 17.5 Å². The number of alkyl halides is 7. The second kappa shape index (κ2) is 9.34. The van der Waals surface area contributed by atoms with Crippen LogP contribution in [0.25, 0.3) is 0 Å². The standard InChI is InChI=1S/C22H19F7N2O4/c1-3-12-7-9-13(10-8-12)34-18(32)17-11(2)16-14(5-4-6-15(16)35-17)30-31-19(33)20(23,24)21(25,26)22(27,28)29/h7-10H,3-6H2,1-2H3,(H,31,33)/b30-14+. The van der Waals surface area contributed by atoms with E-state index in [0.717, 1.165) is 17.4 Å². The zero-order valence-electron chi connectivity index (χ0n) is 18.4. The fourth-order valence-corrected chi connectivity index (χ4v) is 3.43. The molecule has 0 radical (unpaired) electrons. The molecule has 1 N–H and O–H groups in total. The summed E-state index contributed by atoms with van der Waals surface area (Å²) >= 11 is 0. The van der Waals surface area contributed by atoms with E-state index >= 15 is 0 Å². The van der Waals surface area contributed by atoms with Gasteiger partial charge in [0.05, 0.1) is 5.71 Å². The van der Waals surface area contributed by atoms with Crippen LogP contribution in [0, 0.1) is 6.92 Å². The molecule has 1 aliphatic rings. The van der Waals surface area contributed by atoms with Gasteiger partial charge in [-0.2, -0.15) is 35.8 Å². The van der Waals surface area contributed by atoms with Crippen molar-refractivity contribution in [3.8, 4) is 5.75 Å². The van der Waals surface area contributed by atoms with Crippen LogP contribution in [0.5, 0.6) is 5.75 Å². The SMILES string of the molecule is CCc1ccc(OC(=O)c2oc3c(c2C)/C(=N/NC(=O)C(F)(F)C(F)(F)C(F)(F)F)CCC3)cc1. The van der Waals surface area contributed by atoms with Gasteiger partial charge in [0.2, 0.25) is 5.76 Å². The number of furan rings is 1. The molecule has 1 aliphatic carbocycles. The van der Waals surface area contributed by atoms with Gasteiger partial charge in [-0.1, -0.05) is 19.1 Å². The molecule has 0 fully saturated rings. The van der Waals surface area contributed by atoms with Gasteiger partial charge >= 0.3 is 29.9 Å². The van der Waals surface area contributed by atoms with E-state index in [4.69, 9.17) is 9.15 Å². The highest BCUT2D eigenvalue weighted by atomic mass is 19.4. The zero-order valence-corrected chi connectivity index (χ0v) is 18.4. The van der Waals surface area contributed by atoms with Crippen molar-refractivity contribution in [3.05, 3.63) is 52.5 Å². The Morgan fingerprint density at radius 2 is 1.69 bits per heavy atom. The van der Waals surface area contributed by atoms with Crippen LogP contribution in [0.2, 0.25) is 0 Å². The van der Waals surface area contributed by atoms with E-state index in [1.807, 2.05) is 6.92 Å². The first-order valence-corrected chi connectivity index (χ1v) is 10.3. The Morgan fingerprint density at radius 1 is 1.06 bits per heavy atom. The van der Waals surface area contributed by atoms with Crippen molar-refractivity contribution in [2.45, 2.75) is 57.6 Å². The number of amides is 1. The molecule has 1 heterocycles. The number of halogens is 7. The molecule has 2 aromatic rings. The van der Waals surface area contributed by atoms with Crippen LogP contribution in [0.1, 0.15) is 52.8 Å². The number of fused-ring (bicyclic) bond motifs is 1. The minimum Gasteiger partial charge on any atom is -0.453 e. The van der Waals surface area contributed by atoms with Crippen molar-refractivity contribution < 1.29 is 49.5 Å². The first kappa shape index (κ1) is 26.2. The van der Waals surface area contributed by atoms with Gasteiger partial charge in [-0.25, -0.2) is 10.2 Å². The minimum absolute atomic E-state index is 0.0435. The molecule has 0 atom stereocenters. The molecule has 13 heteroatoms. The number of nitrogens with one attached hydrogen (secondary N) is 1. The number of esters is 1. The molecule has 6 nitrogen and oxygen atoms in total. The Labute approximate surface area is 194 Å². The monoisotopic (exact) mass is 508 g/mol. The van der Waals surface area contributed by atoms with Crippen LogP contribution >= 0.6 is 0 Å². The maximum absolute atomic E-state index is 13.6. The molecule has 0 unspecified atom stereocenters. The average molecular weight is 508 g/mol. The van der Waals surface area contributed by atoms with E-state index in [1.54, 1.807) is 24.3 Å². The number of hydrogen-bond donors (Lipinski definition) is 1. The number of benzene rings is 1. The number of ether oxygens (including phenoxy) is 1. The fourth-order valence-electron chi connectivity index (χ4n) is 3.43. The quantitative estimate of drug-likeness (QED) is 0.247. The second-order valence-electron chi connectivity index (χ2n) is 7.74. The number of aryl methyl sites for hydroxylation is 2. The lowest BCUT2D eigenvalue weighted by Gasteiger charge is -2.26. The van der Waals surface area contributed by atoms with Gasteiger partial charge in [0.15, 0.2) is 0 Å². The Kier molecular flexibility index (Phi) is 7.00. The van der Waals surface area contributed by atoms with Crippen molar-refractivity contribution >= 4 is 17.6 Å². The first-order chi connectivity index (χ1) is 16.2. The summed E-state index contributed by atoms with van der Waals surface area (Å²) in [5, 5.41) is 3.35. The minimum atomic E-state index is -6.66. The third-order valence-corrected chi connectivity index (χ3v) is 5.38. The van der Waals surface area contributed by atoms with Crippen LogP contribution < -0.4 is 10.2 Å². The normalized spacial score (nSPS) is 15.6. The molecule has 3 rings (SSSR count). The third kappa shape index (κ3) is 4.89. The number of rotatable bonds is 6. The van der Waals surface area contributed by atoms with Gasteiger partial charge in [0.1, 0.15) is 11.5 Å². The molecule has 190 valence electrons. The maximum atomic E-state index is 13.6. The predicted molar refractivity (Wildman–Crippen MR) is 108 cm³/mol. The van der Waals surface area contributed by atoms with Crippen molar-refractivity contribution in [2.24, 2.45) is 5.10 Å². The van der Waals surface area contributed by atoms with Gasteiger partial charge < -0.3 is 9.15 Å². The number of hydrogen-bond acceptors (Lipinski definition) is 5. The first-order valence-electron chi connectivity index (χ1n) is 10.3. The predicted octanol–water partition coefficient (Wildman–Crippen LogP) is 5.36. The zero-order chi connectivity index (χ0) is 26.2. The van der Waals surface area contributed by atoms with E-state index in [9.17, 15) is 40.3 Å². The van der Waals surface area contributed by atoms with Crippen molar-refractivity contribution in [1.29, 1.82) is 0 Å². The Bertz CT molecular complexity index is 1150. The molecule has 0 saturated heterocycles. The lowest BCUT2D eigenvalue weighted by atomic mass is 9.93. The number of hydrazone groups is 1. The van der Waals surface area contributed by atoms with E-state index in [0.29, 0.717) is 12.8 Å². The highest BCUT2D eigenvalue weighted by molar-refractivity contribution is 6.06. The van der Waals surface area contributed by atoms with Crippen molar-refractivity contribution in [3.63, 3.8) is 0 Å². The summed E-state index contributed by atoms with van der Waals surface area (Å²) in [7, 11) is 0. The van der Waals surface area contributed by atoms with Crippen LogP contribution in [0.15, 0.2) is 33.8 Å². The maximum Gasteiger partial charge on any atom is 0.460 e. The Morgan fingerprint density at radius 3 is 2.26 bits per heavy atom. The summed E-state index contributed by atoms with van der Waals surface area (Å²) in [6.07, 6.45) is -5.23. The summed E-state index contributed by atoms with van der Waals surface area (Å²) in [5.74, 6) is -16.3. The largest absolute Gasteiger partial charge is 0.460 e. The van der Waals surface area contributed by atoms with Crippen molar-refractivity contribution in [1.82, 2.24) is 5.43 Å². The smallest absolute Gasteiger partial charge is 0.453 e. The van der Waals surface area contributed by atoms with Gasteiger partial charge in [0.25, 0.3) is 0 Å². The topological polar surface area (TPSA) is 80.9 Å². The molecule has 0 bridgehead atoms. The van der Waals surface area contributed by atoms with E-state index < -0.39 is 29.9 Å². The molecule has 1 aromatic carbocycles. The fraction of sp³-hybridized carbons (Fsp3) is 0.409. The van der Waals surface area contributed by atoms with Crippen LogP contribution in [0.3, 0.4) is 0 Å². The molecule has 35 heavy (non-hydrogen) atoms. The van der Waals surface area contributed by atoms with E-state index in [1.165, 1.54) is 6.92 Å². The molecule has 1 aromatic heterocycles. The van der Waals surface area contributed by atoms with Gasteiger partial charge in [-0.15, -0.1) is 0 Å². The highest BCUT2D eigenvalue weighted by Crippen LogP contribution is 2.46. The highest BCUT2D eigenvalue weighted by Gasteiger charge is 2.76. The Hall–Kier alpha value is -3.38. The average Bonchev–Trinajstić information content (AvgIpc) is 3.14. The summed E-state index contributed by atoms with van der Waals surface area (Å²) in [6.45, 7) is 3.37. The van der Waals surface area contributed by atoms with Crippen LogP contribution in [-0.2, 0) is 17.6 Å². The van der Waals surface area contributed by atoms with Crippen LogP contribution in [-0.4, -0.2) is 35.6 Å².